The van der Waals surface area contributed by atoms with Gasteiger partial charge in [-0.25, -0.2) is 0 Å². The summed E-state index contributed by atoms with van der Waals surface area (Å²) in [5, 5.41) is 10.4. The van der Waals surface area contributed by atoms with Crippen molar-refractivity contribution in [2.45, 2.75) is 32.2 Å². The molecule has 0 spiro atoms. The summed E-state index contributed by atoms with van der Waals surface area (Å²) in [6.07, 6.45) is 5.24. The first-order valence-corrected chi connectivity index (χ1v) is 9.84. The predicted molar refractivity (Wildman–Crippen MR) is 107 cm³/mol. The van der Waals surface area contributed by atoms with Crippen molar-refractivity contribution in [3.63, 3.8) is 0 Å². The highest BCUT2D eigenvalue weighted by Gasteiger charge is 2.42. The Labute approximate surface area is 166 Å². The van der Waals surface area contributed by atoms with Crippen LogP contribution in [-0.2, 0) is 9.59 Å². The van der Waals surface area contributed by atoms with Crippen LogP contribution < -0.4 is 4.74 Å². The summed E-state index contributed by atoms with van der Waals surface area (Å²) in [4.78, 5) is 28.9. The van der Waals surface area contributed by atoms with Crippen LogP contribution in [0.4, 0.5) is 0 Å². The van der Waals surface area contributed by atoms with Gasteiger partial charge in [-0.1, -0.05) is 31.2 Å². The van der Waals surface area contributed by atoms with Crippen LogP contribution in [0.2, 0.25) is 0 Å². The van der Waals surface area contributed by atoms with Gasteiger partial charge in [0.2, 0.25) is 0 Å². The fraction of sp³-hybridized carbons (Fsp3) is 0.455. The average Bonchev–Trinajstić information content (AvgIpc) is 2.96. The number of piperidine rings is 1. The molecule has 2 aliphatic rings. The van der Waals surface area contributed by atoms with E-state index in [0.29, 0.717) is 18.9 Å². The van der Waals surface area contributed by atoms with Crippen molar-refractivity contribution in [1.82, 2.24) is 9.80 Å². The van der Waals surface area contributed by atoms with Gasteiger partial charge in [0.1, 0.15) is 12.4 Å². The maximum Gasteiger partial charge on any atom is 0.290 e. The number of carbonyl (C=O) groups is 2. The summed E-state index contributed by atoms with van der Waals surface area (Å²) in [5.41, 5.74) is 0.910. The quantitative estimate of drug-likeness (QED) is 0.698. The van der Waals surface area contributed by atoms with E-state index < -0.39 is 17.7 Å². The lowest BCUT2D eigenvalue weighted by Gasteiger charge is -2.31. The van der Waals surface area contributed by atoms with Gasteiger partial charge >= 0.3 is 0 Å². The Kier molecular flexibility index (Phi) is 6.52. The van der Waals surface area contributed by atoms with Crippen molar-refractivity contribution in [2.24, 2.45) is 0 Å². The molecule has 1 aromatic carbocycles. The van der Waals surface area contributed by atoms with Gasteiger partial charge in [-0.05, 0) is 50.6 Å². The van der Waals surface area contributed by atoms with E-state index in [1.807, 2.05) is 24.3 Å². The molecule has 1 N–H and O–H groups in total. The summed E-state index contributed by atoms with van der Waals surface area (Å²) < 4.78 is 5.60. The van der Waals surface area contributed by atoms with E-state index in [9.17, 15) is 14.7 Å². The largest absolute Gasteiger partial charge is 0.503 e. The zero-order valence-electron chi connectivity index (χ0n) is 16.4. The molecule has 1 unspecified atom stereocenters. The number of aliphatic hydroxyl groups is 1. The van der Waals surface area contributed by atoms with Crippen LogP contribution in [-0.4, -0.2) is 59.4 Å². The lowest BCUT2D eigenvalue weighted by Crippen LogP contribution is -2.40. The van der Waals surface area contributed by atoms with Crippen molar-refractivity contribution in [1.29, 1.82) is 0 Å². The maximum absolute atomic E-state index is 12.7. The molecular formula is C22H28N2O4. The molecule has 1 fully saturated rings. The first kappa shape index (κ1) is 20.1. The molecule has 0 aliphatic carbocycles. The molecule has 0 saturated carbocycles. The fourth-order valence-corrected chi connectivity index (χ4v) is 3.95. The van der Waals surface area contributed by atoms with Crippen LogP contribution in [0.3, 0.4) is 0 Å². The average molecular weight is 384 g/mol. The standard InChI is InChI=1S/C22H28N2O4/c1-3-14-28-18-9-7-8-17(15-18)20-19(16(2)25)21(26)22(27)24(20)13-12-23-10-5-4-6-11-23/h3,7-9,15,20,26H,1,4-6,10-14H2,2H3. The number of carbonyl (C=O) groups excluding carboxylic acids is 2. The first-order valence-electron chi connectivity index (χ1n) is 9.84. The number of hydrogen-bond acceptors (Lipinski definition) is 5. The lowest BCUT2D eigenvalue weighted by molar-refractivity contribution is -0.129. The molecule has 1 amide bonds. The number of amides is 1. The van der Waals surface area contributed by atoms with E-state index in [2.05, 4.69) is 11.5 Å². The van der Waals surface area contributed by atoms with Crippen LogP contribution in [0, 0.1) is 0 Å². The number of hydrogen-bond donors (Lipinski definition) is 1. The highest BCUT2D eigenvalue weighted by atomic mass is 16.5. The number of rotatable bonds is 8. The van der Waals surface area contributed by atoms with Crippen molar-refractivity contribution >= 4 is 11.7 Å². The van der Waals surface area contributed by atoms with Crippen molar-refractivity contribution in [2.75, 3.05) is 32.8 Å². The van der Waals surface area contributed by atoms with Crippen molar-refractivity contribution in [3.05, 3.63) is 53.8 Å². The monoisotopic (exact) mass is 384 g/mol. The van der Waals surface area contributed by atoms with Gasteiger partial charge in [-0.15, -0.1) is 0 Å². The van der Waals surface area contributed by atoms with E-state index in [4.69, 9.17) is 4.74 Å². The minimum atomic E-state index is -0.595. The van der Waals surface area contributed by atoms with Gasteiger partial charge in [-0.2, -0.15) is 0 Å². The van der Waals surface area contributed by atoms with E-state index >= 15 is 0 Å². The third-order valence-electron chi connectivity index (χ3n) is 5.33. The van der Waals surface area contributed by atoms with E-state index in [-0.39, 0.29) is 11.4 Å². The van der Waals surface area contributed by atoms with Gasteiger partial charge in [0.15, 0.2) is 11.5 Å². The number of aliphatic hydroxyl groups excluding tert-OH is 1. The second-order valence-electron chi connectivity index (χ2n) is 7.29. The third kappa shape index (κ3) is 4.28. The molecule has 0 radical (unpaired) electrons. The molecule has 6 heteroatoms. The summed E-state index contributed by atoms with van der Waals surface area (Å²) in [6.45, 7) is 8.64. The van der Waals surface area contributed by atoms with Gasteiger partial charge < -0.3 is 19.6 Å². The Balaban J connectivity index is 1.86. The second kappa shape index (κ2) is 9.06. The summed E-state index contributed by atoms with van der Waals surface area (Å²) >= 11 is 0. The lowest BCUT2D eigenvalue weighted by atomic mass is 9.96. The Morgan fingerprint density at radius 3 is 2.71 bits per heavy atom. The molecule has 2 heterocycles. The van der Waals surface area contributed by atoms with Crippen LogP contribution in [0.15, 0.2) is 48.3 Å². The van der Waals surface area contributed by atoms with Gasteiger partial charge in [-0.3, -0.25) is 9.59 Å². The van der Waals surface area contributed by atoms with Crippen molar-refractivity contribution in [3.8, 4) is 5.75 Å². The smallest absolute Gasteiger partial charge is 0.290 e. The predicted octanol–water partition coefficient (Wildman–Crippen LogP) is 3.02. The zero-order chi connectivity index (χ0) is 20.1. The van der Waals surface area contributed by atoms with Crippen LogP contribution in [0.1, 0.15) is 37.8 Å². The number of likely N-dealkylation sites (tertiary alicyclic amines) is 1. The molecule has 1 atom stereocenters. The van der Waals surface area contributed by atoms with Gasteiger partial charge in [0.05, 0.1) is 11.6 Å². The Morgan fingerprint density at radius 1 is 1.29 bits per heavy atom. The number of ether oxygens (including phenoxy) is 1. The fourth-order valence-electron chi connectivity index (χ4n) is 3.95. The van der Waals surface area contributed by atoms with E-state index in [1.54, 1.807) is 11.0 Å². The molecule has 28 heavy (non-hydrogen) atoms. The topological polar surface area (TPSA) is 70.1 Å². The SMILES string of the molecule is C=CCOc1cccc(C2C(C(C)=O)=C(O)C(=O)N2CCN2CCCCC2)c1. The summed E-state index contributed by atoms with van der Waals surface area (Å²) in [5.74, 6) is -0.581. The minimum Gasteiger partial charge on any atom is -0.503 e. The molecule has 2 aliphatic heterocycles. The molecule has 0 aromatic heterocycles. The van der Waals surface area contributed by atoms with Crippen molar-refractivity contribution < 1.29 is 19.4 Å². The number of Topliss-reactive ketones (excluding diaryl/α,β-unsaturated/α-hetero) is 1. The third-order valence-corrected chi connectivity index (χ3v) is 5.33. The molecule has 1 saturated heterocycles. The Bertz CT molecular complexity index is 780. The summed E-state index contributed by atoms with van der Waals surface area (Å²) in [7, 11) is 0. The van der Waals surface area contributed by atoms with Gasteiger partial charge in [0, 0.05) is 13.1 Å². The normalized spacial score (nSPS) is 20.5. The van der Waals surface area contributed by atoms with Gasteiger partial charge in [0.25, 0.3) is 5.91 Å². The highest BCUT2D eigenvalue weighted by molar-refractivity contribution is 6.08. The molecule has 150 valence electrons. The molecule has 0 bridgehead atoms. The van der Waals surface area contributed by atoms with Crippen LogP contribution >= 0.6 is 0 Å². The number of benzene rings is 1. The molecule has 1 aromatic rings. The first-order chi connectivity index (χ1) is 13.5. The molecule has 6 nitrogen and oxygen atoms in total. The molecular weight excluding hydrogens is 356 g/mol. The number of ketones is 1. The number of nitrogens with zero attached hydrogens (tertiary/aromatic N) is 2. The van der Waals surface area contributed by atoms with E-state index in [0.717, 1.165) is 25.2 Å². The minimum absolute atomic E-state index is 0.157. The Morgan fingerprint density at radius 2 is 2.04 bits per heavy atom. The second-order valence-corrected chi connectivity index (χ2v) is 7.29. The van der Waals surface area contributed by atoms with Crippen LogP contribution in [0.25, 0.3) is 0 Å². The van der Waals surface area contributed by atoms with Crippen LogP contribution in [0.5, 0.6) is 5.75 Å². The molecule has 3 rings (SSSR count). The highest BCUT2D eigenvalue weighted by Crippen LogP contribution is 2.38. The Hall–Kier alpha value is -2.60. The van der Waals surface area contributed by atoms with E-state index in [1.165, 1.54) is 26.2 Å². The maximum atomic E-state index is 12.7. The summed E-state index contributed by atoms with van der Waals surface area (Å²) in [6, 6.07) is 6.72. The zero-order valence-corrected chi connectivity index (χ0v) is 16.4.